The molecule has 0 saturated carbocycles. The zero-order valence-corrected chi connectivity index (χ0v) is 8.14. The maximum atomic E-state index is 4.35. The number of hydrogen-bond donors (Lipinski definition) is 1. The van der Waals surface area contributed by atoms with Crippen LogP contribution in [-0.4, -0.2) is 10.8 Å². The third-order valence-corrected chi connectivity index (χ3v) is 2.70. The van der Waals surface area contributed by atoms with Crippen LogP contribution in [0.25, 0.3) is 0 Å². The third kappa shape index (κ3) is 1.50. The van der Waals surface area contributed by atoms with Crippen molar-refractivity contribution in [1.82, 2.24) is 4.31 Å². The van der Waals surface area contributed by atoms with Gasteiger partial charge >= 0.3 is 0 Å². The van der Waals surface area contributed by atoms with Crippen LogP contribution >= 0.6 is 12.8 Å². The Morgan fingerprint density at radius 3 is 3.00 bits per heavy atom. The molecule has 2 rings (SSSR count). The maximum Gasteiger partial charge on any atom is 0.0341 e. The standard InChI is InChI=1S/C10H13NS/c1-8-2-3-9-4-5-11(12)7-10(9)6-8/h2-3,6,12H,4-5,7H2,1H3. The Kier molecular flexibility index (Phi) is 2.11. The van der Waals surface area contributed by atoms with Crippen LogP contribution in [0.4, 0.5) is 0 Å². The van der Waals surface area contributed by atoms with Crippen molar-refractivity contribution in [3.63, 3.8) is 0 Å². The minimum Gasteiger partial charge on any atom is -0.249 e. The van der Waals surface area contributed by atoms with E-state index in [4.69, 9.17) is 0 Å². The van der Waals surface area contributed by atoms with Gasteiger partial charge in [-0.15, -0.1) is 0 Å². The fourth-order valence-electron chi connectivity index (χ4n) is 1.67. The molecule has 1 aromatic rings. The van der Waals surface area contributed by atoms with Gasteiger partial charge in [0.25, 0.3) is 0 Å². The Morgan fingerprint density at radius 1 is 1.33 bits per heavy atom. The summed E-state index contributed by atoms with van der Waals surface area (Å²) in [6, 6.07) is 6.69. The Hall–Kier alpha value is -0.470. The lowest BCUT2D eigenvalue weighted by Gasteiger charge is -2.23. The van der Waals surface area contributed by atoms with Gasteiger partial charge in [0.15, 0.2) is 0 Å². The molecule has 0 atom stereocenters. The number of rotatable bonds is 0. The molecule has 1 aliphatic heterocycles. The molecule has 0 N–H and O–H groups in total. The van der Waals surface area contributed by atoms with Gasteiger partial charge in [0.1, 0.15) is 0 Å². The van der Waals surface area contributed by atoms with E-state index in [-0.39, 0.29) is 0 Å². The summed E-state index contributed by atoms with van der Waals surface area (Å²) in [5.74, 6) is 0. The molecule has 0 saturated heterocycles. The molecule has 0 fully saturated rings. The highest BCUT2D eigenvalue weighted by Gasteiger charge is 2.12. The van der Waals surface area contributed by atoms with E-state index in [9.17, 15) is 0 Å². The summed E-state index contributed by atoms with van der Waals surface area (Å²) in [6.07, 6.45) is 1.14. The summed E-state index contributed by atoms with van der Waals surface area (Å²) >= 11 is 4.35. The Balaban J connectivity index is 2.37. The summed E-state index contributed by atoms with van der Waals surface area (Å²) in [4.78, 5) is 0. The van der Waals surface area contributed by atoms with Crippen molar-refractivity contribution in [3.05, 3.63) is 34.9 Å². The van der Waals surface area contributed by atoms with Gasteiger partial charge in [-0.05, 0) is 24.5 Å². The second-order valence-electron chi connectivity index (χ2n) is 3.41. The molecule has 0 spiro atoms. The van der Waals surface area contributed by atoms with E-state index < -0.39 is 0 Å². The molecule has 1 heterocycles. The quantitative estimate of drug-likeness (QED) is 0.598. The van der Waals surface area contributed by atoms with Crippen molar-refractivity contribution < 1.29 is 0 Å². The van der Waals surface area contributed by atoms with Crippen LogP contribution in [0.2, 0.25) is 0 Å². The summed E-state index contributed by atoms with van der Waals surface area (Å²) in [5.41, 5.74) is 4.28. The zero-order chi connectivity index (χ0) is 8.55. The Bertz CT molecular complexity index is 296. The monoisotopic (exact) mass is 179 g/mol. The van der Waals surface area contributed by atoms with Crippen molar-refractivity contribution in [1.29, 1.82) is 0 Å². The van der Waals surface area contributed by atoms with Crippen molar-refractivity contribution in [2.75, 3.05) is 6.54 Å². The van der Waals surface area contributed by atoms with E-state index in [2.05, 4.69) is 42.2 Å². The number of fused-ring (bicyclic) bond motifs is 1. The molecule has 0 bridgehead atoms. The van der Waals surface area contributed by atoms with Crippen LogP contribution in [-0.2, 0) is 13.0 Å². The average Bonchev–Trinajstić information content (AvgIpc) is 2.03. The van der Waals surface area contributed by atoms with E-state index in [0.29, 0.717) is 0 Å². The van der Waals surface area contributed by atoms with Gasteiger partial charge < -0.3 is 0 Å². The van der Waals surface area contributed by atoms with Crippen LogP contribution in [0.5, 0.6) is 0 Å². The molecule has 0 radical (unpaired) electrons. The summed E-state index contributed by atoms with van der Waals surface area (Å²) in [7, 11) is 0. The van der Waals surface area contributed by atoms with Crippen molar-refractivity contribution in [3.8, 4) is 0 Å². The number of thiol groups is 1. The Labute approximate surface area is 78.9 Å². The molecule has 0 aromatic heterocycles. The predicted molar refractivity (Wildman–Crippen MR) is 54.3 cm³/mol. The molecule has 64 valence electrons. The van der Waals surface area contributed by atoms with Gasteiger partial charge in [-0.3, -0.25) is 0 Å². The van der Waals surface area contributed by atoms with Gasteiger partial charge in [0, 0.05) is 13.1 Å². The van der Waals surface area contributed by atoms with Crippen LogP contribution < -0.4 is 0 Å². The molecule has 0 amide bonds. The van der Waals surface area contributed by atoms with Gasteiger partial charge in [-0.2, -0.15) is 0 Å². The molecule has 2 heteroatoms. The van der Waals surface area contributed by atoms with Crippen LogP contribution in [0.1, 0.15) is 16.7 Å². The average molecular weight is 179 g/mol. The van der Waals surface area contributed by atoms with E-state index >= 15 is 0 Å². The van der Waals surface area contributed by atoms with Crippen molar-refractivity contribution in [2.24, 2.45) is 0 Å². The minimum absolute atomic E-state index is 0.986. The van der Waals surface area contributed by atoms with Crippen LogP contribution in [0.3, 0.4) is 0 Å². The lowest BCUT2D eigenvalue weighted by molar-refractivity contribution is 0.450. The Morgan fingerprint density at radius 2 is 2.17 bits per heavy atom. The van der Waals surface area contributed by atoms with Gasteiger partial charge in [-0.25, -0.2) is 4.31 Å². The number of hydrogen-bond acceptors (Lipinski definition) is 2. The molecule has 0 aliphatic carbocycles. The van der Waals surface area contributed by atoms with Crippen molar-refractivity contribution in [2.45, 2.75) is 19.9 Å². The fraction of sp³-hybridized carbons (Fsp3) is 0.400. The second-order valence-corrected chi connectivity index (χ2v) is 3.98. The first kappa shape index (κ1) is 8.14. The first-order valence-electron chi connectivity index (χ1n) is 4.28. The molecule has 1 aliphatic rings. The van der Waals surface area contributed by atoms with E-state index in [1.54, 1.807) is 0 Å². The number of aryl methyl sites for hydroxylation is 1. The largest absolute Gasteiger partial charge is 0.249 e. The van der Waals surface area contributed by atoms with Crippen LogP contribution in [0.15, 0.2) is 18.2 Å². The molecule has 12 heavy (non-hydrogen) atoms. The molecule has 1 nitrogen and oxygen atoms in total. The van der Waals surface area contributed by atoms with Crippen LogP contribution in [0, 0.1) is 6.92 Å². The van der Waals surface area contributed by atoms with E-state index in [1.807, 2.05) is 0 Å². The zero-order valence-electron chi connectivity index (χ0n) is 7.25. The highest BCUT2D eigenvalue weighted by Crippen LogP contribution is 2.20. The SMILES string of the molecule is Cc1ccc2c(c1)CN(S)CC2. The lowest BCUT2D eigenvalue weighted by atomic mass is 9.99. The lowest BCUT2D eigenvalue weighted by Crippen LogP contribution is -2.22. The number of nitrogens with zero attached hydrogens (tertiary/aromatic N) is 1. The topological polar surface area (TPSA) is 3.24 Å². The third-order valence-electron chi connectivity index (χ3n) is 2.35. The summed E-state index contributed by atoms with van der Waals surface area (Å²) in [5, 5.41) is 0. The molecular weight excluding hydrogens is 166 g/mol. The first-order valence-corrected chi connectivity index (χ1v) is 4.68. The number of benzene rings is 1. The predicted octanol–water partition coefficient (Wildman–Crippen LogP) is 2.20. The summed E-state index contributed by atoms with van der Waals surface area (Å²) in [6.45, 7) is 4.19. The second kappa shape index (κ2) is 3.11. The van der Waals surface area contributed by atoms with Gasteiger partial charge in [0.05, 0.1) is 0 Å². The van der Waals surface area contributed by atoms with Gasteiger partial charge in [-0.1, -0.05) is 36.6 Å². The highest BCUT2D eigenvalue weighted by molar-refractivity contribution is 7.77. The minimum atomic E-state index is 0.986. The van der Waals surface area contributed by atoms with E-state index in [0.717, 1.165) is 19.5 Å². The van der Waals surface area contributed by atoms with Gasteiger partial charge in [0.2, 0.25) is 0 Å². The maximum absolute atomic E-state index is 4.35. The fourth-order valence-corrected chi connectivity index (χ4v) is 1.92. The first-order chi connectivity index (χ1) is 5.75. The molecule has 0 unspecified atom stereocenters. The normalized spacial score (nSPS) is 17.5. The smallest absolute Gasteiger partial charge is 0.0341 e. The highest BCUT2D eigenvalue weighted by atomic mass is 32.1. The molecule has 1 aromatic carbocycles. The van der Waals surface area contributed by atoms with E-state index in [1.165, 1.54) is 16.7 Å². The van der Waals surface area contributed by atoms with Crippen molar-refractivity contribution >= 4 is 12.8 Å². The molecular formula is C10H13NS. The summed E-state index contributed by atoms with van der Waals surface area (Å²) < 4.78 is 2.07.